The molecule has 2 aromatic carbocycles. The summed E-state index contributed by atoms with van der Waals surface area (Å²) in [6, 6.07) is 15.4. The predicted molar refractivity (Wildman–Crippen MR) is 121 cm³/mol. The van der Waals surface area contributed by atoms with Gasteiger partial charge in [0.2, 0.25) is 0 Å². The van der Waals surface area contributed by atoms with Gasteiger partial charge in [-0.25, -0.2) is 4.98 Å². The van der Waals surface area contributed by atoms with Crippen LogP contribution in [0.3, 0.4) is 0 Å². The molecule has 0 saturated heterocycles. The van der Waals surface area contributed by atoms with Crippen molar-refractivity contribution >= 4 is 55.6 Å². The maximum absolute atomic E-state index is 12.3. The van der Waals surface area contributed by atoms with Crippen LogP contribution in [0.15, 0.2) is 48.5 Å². The molecule has 3 aromatic rings. The second-order valence-electron chi connectivity index (χ2n) is 6.70. The molecule has 0 fully saturated rings. The number of nitrogens with one attached hydrogen (secondary N) is 4. The van der Waals surface area contributed by atoms with Crippen molar-refractivity contribution in [3.8, 4) is 0 Å². The van der Waals surface area contributed by atoms with Crippen molar-refractivity contribution in [2.24, 2.45) is 0 Å². The number of carbonyl (C=O) groups is 1. The molecule has 0 aliphatic heterocycles. The number of carbonyl (C=O) groups excluding carboxylic acids is 1. The normalized spacial score (nSPS) is 11.9. The van der Waals surface area contributed by atoms with Crippen molar-refractivity contribution in [3.05, 3.63) is 54.1 Å². The molecule has 8 heteroatoms. The molecule has 146 valence electrons. The number of rotatable bonds is 5. The number of hydrazine groups is 1. The summed E-state index contributed by atoms with van der Waals surface area (Å²) in [4.78, 5) is 16.8. The molecule has 0 spiro atoms. The smallest absolute Gasteiger partial charge is 0.260 e. The fourth-order valence-electron chi connectivity index (χ4n) is 2.53. The molecular weight excluding hydrogens is 390 g/mol. The highest BCUT2D eigenvalue weighted by atomic mass is 32.1. The van der Waals surface area contributed by atoms with Crippen molar-refractivity contribution in [1.82, 2.24) is 15.8 Å². The van der Waals surface area contributed by atoms with Gasteiger partial charge in [-0.1, -0.05) is 49.4 Å². The average molecular weight is 414 g/mol. The summed E-state index contributed by atoms with van der Waals surface area (Å²) < 4.78 is 1.07. The van der Waals surface area contributed by atoms with Gasteiger partial charge in [0.25, 0.3) is 5.91 Å². The average Bonchev–Trinajstić information content (AvgIpc) is 3.08. The number of nitrogens with zero attached hydrogens (tertiary/aromatic N) is 1. The fourth-order valence-corrected chi connectivity index (χ4v) is 3.65. The van der Waals surface area contributed by atoms with E-state index in [2.05, 4.69) is 52.4 Å². The Morgan fingerprint density at radius 2 is 1.75 bits per heavy atom. The quantitative estimate of drug-likeness (QED) is 0.370. The molecule has 1 atom stereocenters. The van der Waals surface area contributed by atoms with Crippen molar-refractivity contribution in [2.75, 3.05) is 10.6 Å². The summed E-state index contributed by atoms with van der Waals surface area (Å²) in [6.45, 7) is 6.06. The van der Waals surface area contributed by atoms with E-state index in [1.165, 1.54) is 16.9 Å². The Labute approximate surface area is 173 Å². The Morgan fingerprint density at radius 1 is 1.04 bits per heavy atom. The minimum absolute atomic E-state index is 0.237. The monoisotopic (exact) mass is 413 g/mol. The first-order valence-electron chi connectivity index (χ1n) is 9.01. The van der Waals surface area contributed by atoms with Gasteiger partial charge in [0.05, 0.1) is 10.2 Å². The number of fused-ring (bicyclic) bond motifs is 1. The zero-order chi connectivity index (χ0) is 20.1. The largest absolute Gasteiger partial charge is 0.350 e. The Balaban J connectivity index is 1.47. The molecule has 28 heavy (non-hydrogen) atoms. The lowest BCUT2D eigenvalue weighted by Gasteiger charge is -2.16. The van der Waals surface area contributed by atoms with Crippen LogP contribution in [0.5, 0.6) is 0 Å². The van der Waals surface area contributed by atoms with Crippen LogP contribution < -0.4 is 21.5 Å². The first-order valence-corrected chi connectivity index (χ1v) is 10.2. The second-order valence-corrected chi connectivity index (χ2v) is 8.14. The molecule has 0 unspecified atom stereocenters. The highest BCUT2D eigenvalue weighted by Crippen LogP contribution is 2.25. The number of thiocarbonyl (C=S) groups is 1. The van der Waals surface area contributed by atoms with Gasteiger partial charge in [0.1, 0.15) is 6.04 Å². The standard InChI is InChI=1S/C20H23N5OS2/c1-12(2)14-8-10-15(11-9-14)22-19(27)25-24-18(26)13(3)21-20-23-16-6-4-5-7-17(16)28-20/h4-13H,1-3H3,(H,21,23)(H,24,26)(H2,22,25,27)/t13-/m0/s1. The highest BCUT2D eigenvalue weighted by molar-refractivity contribution is 7.80. The molecule has 0 bridgehead atoms. The highest BCUT2D eigenvalue weighted by Gasteiger charge is 2.15. The SMILES string of the molecule is CC(C)c1ccc(NC(=S)NNC(=O)[C@H](C)Nc2nc3ccccc3s2)cc1. The number of benzene rings is 2. The maximum atomic E-state index is 12.3. The molecule has 3 rings (SSSR count). The van der Waals surface area contributed by atoms with Gasteiger partial charge in [-0.3, -0.25) is 15.6 Å². The fraction of sp³-hybridized carbons (Fsp3) is 0.250. The minimum Gasteiger partial charge on any atom is -0.350 e. The maximum Gasteiger partial charge on any atom is 0.260 e. The lowest BCUT2D eigenvalue weighted by molar-refractivity contribution is -0.122. The number of thiazole rings is 1. The van der Waals surface area contributed by atoms with E-state index in [4.69, 9.17) is 12.2 Å². The summed E-state index contributed by atoms with van der Waals surface area (Å²) in [5, 5.41) is 7.18. The third-order valence-corrected chi connectivity index (χ3v) is 5.33. The van der Waals surface area contributed by atoms with E-state index in [1.807, 2.05) is 36.4 Å². The van der Waals surface area contributed by atoms with Crippen LogP contribution in [0.2, 0.25) is 0 Å². The van der Waals surface area contributed by atoms with Crippen LogP contribution in [0.25, 0.3) is 10.2 Å². The molecule has 0 saturated carbocycles. The second kappa shape index (κ2) is 8.99. The molecular formula is C20H23N5OS2. The molecule has 1 amide bonds. The van der Waals surface area contributed by atoms with E-state index in [0.29, 0.717) is 16.2 Å². The zero-order valence-corrected chi connectivity index (χ0v) is 17.6. The molecule has 0 aliphatic rings. The van der Waals surface area contributed by atoms with Crippen LogP contribution in [0.1, 0.15) is 32.3 Å². The number of anilines is 2. The van der Waals surface area contributed by atoms with Crippen molar-refractivity contribution < 1.29 is 4.79 Å². The topological polar surface area (TPSA) is 78.1 Å². The van der Waals surface area contributed by atoms with Crippen LogP contribution in [0.4, 0.5) is 10.8 Å². The third kappa shape index (κ3) is 5.17. The van der Waals surface area contributed by atoms with Crippen LogP contribution in [-0.2, 0) is 4.79 Å². The Morgan fingerprint density at radius 3 is 2.43 bits per heavy atom. The number of para-hydroxylation sites is 1. The number of hydrogen-bond donors (Lipinski definition) is 4. The molecule has 0 radical (unpaired) electrons. The van der Waals surface area contributed by atoms with Gasteiger partial charge in [-0.2, -0.15) is 0 Å². The van der Waals surface area contributed by atoms with Gasteiger partial charge in [0.15, 0.2) is 10.2 Å². The number of amides is 1. The molecule has 1 heterocycles. The van der Waals surface area contributed by atoms with Crippen molar-refractivity contribution in [1.29, 1.82) is 0 Å². The molecule has 0 aliphatic carbocycles. The van der Waals surface area contributed by atoms with E-state index >= 15 is 0 Å². The summed E-state index contributed by atoms with van der Waals surface area (Å²) in [6.07, 6.45) is 0. The van der Waals surface area contributed by atoms with E-state index in [9.17, 15) is 4.79 Å². The Kier molecular flexibility index (Phi) is 6.43. The summed E-state index contributed by atoms with van der Waals surface area (Å²) >= 11 is 6.74. The van der Waals surface area contributed by atoms with E-state index < -0.39 is 6.04 Å². The predicted octanol–water partition coefficient (Wildman–Crippen LogP) is 4.24. The Bertz CT molecular complexity index is 935. The first-order chi connectivity index (χ1) is 13.4. The zero-order valence-electron chi connectivity index (χ0n) is 15.9. The third-order valence-electron chi connectivity index (χ3n) is 4.16. The first kappa shape index (κ1) is 20.0. The van der Waals surface area contributed by atoms with E-state index in [0.717, 1.165) is 15.9 Å². The molecule has 1 aromatic heterocycles. The van der Waals surface area contributed by atoms with Gasteiger partial charge < -0.3 is 10.6 Å². The van der Waals surface area contributed by atoms with Gasteiger partial charge in [-0.15, -0.1) is 0 Å². The van der Waals surface area contributed by atoms with Gasteiger partial charge in [-0.05, 0) is 54.9 Å². The number of aromatic nitrogens is 1. The van der Waals surface area contributed by atoms with Crippen molar-refractivity contribution in [3.63, 3.8) is 0 Å². The van der Waals surface area contributed by atoms with Gasteiger partial charge >= 0.3 is 0 Å². The van der Waals surface area contributed by atoms with E-state index in [-0.39, 0.29) is 5.91 Å². The summed E-state index contributed by atoms with van der Waals surface area (Å²) in [5.41, 5.74) is 8.36. The minimum atomic E-state index is -0.471. The molecule has 6 nitrogen and oxygen atoms in total. The van der Waals surface area contributed by atoms with Crippen LogP contribution >= 0.6 is 23.6 Å². The Hall–Kier alpha value is -2.71. The lowest BCUT2D eigenvalue weighted by atomic mass is 10.0. The summed E-state index contributed by atoms with van der Waals surface area (Å²) in [5.74, 6) is 0.237. The van der Waals surface area contributed by atoms with Crippen molar-refractivity contribution in [2.45, 2.75) is 32.7 Å². The van der Waals surface area contributed by atoms with Crippen LogP contribution in [-0.4, -0.2) is 22.0 Å². The van der Waals surface area contributed by atoms with Gasteiger partial charge in [0, 0.05) is 5.69 Å². The lowest BCUT2D eigenvalue weighted by Crippen LogP contribution is -2.49. The number of hydrogen-bond acceptors (Lipinski definition) is 5. The van der Waals surface area contributed by atoms with E-state index in [1.54, 1.807) is 6.92 Å². The van der Waals surface area contributed by atoms with Crippen LogP contribution in [0, 0.1) is 0 Å². The molecule has 4 N–H and O–H groups in total. The summed E-state index contributed by atoms with van der Waals surface area (Å²) in [7, 11) is 0.